The van der Waals surface area contributed by atoms with E-state index < -0.39 is 23.3 Å². The van der Waals surface area contributed by atoms with Gasteiger partial charge in [-0.15, -0.1) is 0 Å². The SMILES string of the molecule is COc1ccc(CC2(CCc3ccncc3)C(=O)NC(=O)N(c3ccc(Cl)cc3)C2=O)cc1OC. The first-order chi connectivity index (χ1) is 16.9. The summed E-state index contributed by atoms with van der Waals surface area (Å²) in [6, 6.07) is 14.4. The van der Waals surface area contributed by atoms with Gasteiger partial charge in [-0.05, 0) is 78.9 Å². The van der Waals surface area contributed by atoms with Gasteiger partial charge in [0.25, 0.3) is 5.91 Å². The standard InChI is InChI=1S/C26H24ClN3O5/c1-34-21-8-3-18(15-22(21)35-2)16-26(12-9-17-10-13-28-14-11-17)23(31)29-25(33)30(24(26)32)20-6-4-19(27)5-7-20/h3-8,10-11,13-15H,9,12,16H2,1-2H3,(H,29,31,33). The van der Waals surface area contributed by atoms with Gasteiger partial charge in [0.15, 0.2) is 11.5 Å². The molecule has 1 saturated heterocycles. The van der Waals surface area contributed by atoms with Crippen molar-refractivity contribution in [3.05, 3.63) is 83.1 Å². The first-order valence-electron chi connectivity index (χ1n) is 10.9. The number of nitrogens with one attached hydrogen (secondary N) is 1. The van der Waals surface area contributed by atoms with Crippen LogP contribution in [0.4, 0.5) is 10.5 Å². The third kappa shape index (κ3) is 4.83. The lowest BCUT2D eigenvalue weighted by Gasteiger charge is -2.39. The fourth-order valence-corrected chi connectivity index (χ4v) is 4.34. The van der Waals surface area contributed by atoms with Gasteiger partial charge in [0.2, 0.25) is 5.91 Å². The predicted octanol–water partition coefficient (Wildman–Crippen LogP) is 4.20. The lowest BCUT2D eigenvalue weighted by atomic mass is 9.73. The van der Waals surface area contributed by atoms with Crippen molar-refractivity contribution in [1.82, 2.24) is 10.3 Å². The number of anilines is 1. The second-order valence-electron chi connectivity index (χ2n) is 8.18. The van der Waals surface area contributed by atoms with Crippen molar-refractivity contribution in [3.63, 3.8) is 0 Å². The third-order valence-corrected chi connectivity index (χ3v) is 6.35. The number of barbiturate groups is 1. The van der Waals surface area contributed by atoms with E-state index in [4.69, 9.17) is 21.1 Å². The van der Waals surface area contributed by atoms with Crippen molar-refractivity contribution in [3.8, 4) is 11.5 Å². The molecule has 2 heterocycles. The van der Waals surface area contributed by atoms with Gasteiger partial charge in [-0.2, -0.15) is 0 Å². The number of aromatic nitrogens is 1. The Morgan fingerprint density at radius 2 is 1.60 bits per heavy atom. The molecule has 0 radical (unpaired) electrons. The summed E-state index contributed by atoms with van der Waals surface area (Å²) in [5, 5.41) is 2.86. The molecule has 0 spiro atoms. The molecular weight excluding hydrogens is 470 g/mol. The van der Waals surface area contributed by atoms with E-state index in [0.29, 0.717) is 34.2 Å². The number of aryl methyl sites for hydroxylation is 1. The Balaban J connectivity index is 1.77. The van der Waals surface area contributed by atoms with Crippen LogP contribution in [0.1, 0.15) is 17.5 Å². The van der Waals surface area contributed by atoms with Gasteiger partial charge in [-0.1, -0.05) is 17.7 Å². The average molecular weight is 494 g/mol. The summed E-state index contributed by atoms with van der Waals surface area (Å²) in [6.07, 6.45) is 3.97. The number of pyridine rings is 1. The number of methoxy groups -OCH3 is 2. The number of amides is 4. The van der Waals surface area contributed by atoms with Crippen LogP contribution in [0.25, 0.3) is 0 Å². The molecule has 0 aliphatic carbocycles. The number of nitrogens with zero attached hydrogens (tertiary/aromatic N) is 2. The van der Waals surface area contributed by atoms with E-state index in [1.54, 1.807) is 54.9 Å². The van der Waals surface area contributed by atoms with Crippen LogP contribution in [0, 0.1) is 5.41 Å². The first-order valence-corrected chi connectivity index (χ1v) is 11.3. The van der Waals surface area contributed by atoms with Crippen molar-refractivity contribution >= 4 is 35.1 Å². The van der Waals surface area contributed by atoms with Crippen LogP contribution in [-0.4, -0.2) is 37.0 Å². The minimum Gasteiger partial charge on any atom is -0.493 e. The van der Waals surface area contributed by atoms with Crippen molar-refractivity contribution in [2.45, 2.75) is 19.3 Å². The van der Waals surface area contributed by atoms with E-state index >= 15 is 0 Å². The lowest BCUT2D eigenvalue weighted by Crippen LogP contribution is -2.65. The number of benzene rings is 2. The molecule has 9 heteroatoms. The Kier molecular flexibility index (Phi) is 7.02. The van der Waals surface area contributed by atoms with Crippen molar-refractivity contribution in [1.29, 1.82) is 0 Å². The highest BCUT2D eigenvalue weighted by molar-refractivity contribution is 6.31. The predicted molar refractivity (Wildman–Crippen MR) is 131 cm³/mol. The molecule has 1 atom stereocenters. The molecule has 3 aromatic rings. The smallest absolute Gasteiger partial charge is 0.335 e. The first kappa shape index (κ1) is 24.2. The van der Waals surface area contributed by atoms with Crippen molar-refractivity contribution in [2.75, 3.05) is 19.1 Å². The van der Waals surface area contributed by atoms with Gasteiger partial charge in [0, 0.05) is 17.4 Å². The van der Waals surface area contributed by atoms with Crippen LogP contribution < -0.4 is 19.7 Å². The van der Waals surface area contributed by atoms with Gasteiger partial charge in [0.05, 0.1) is 19.9 Å². The van der Waals surface area contributed by atoms with E-state index in [1.807, 2.05) is 12.1 Å². The van der Waals surface area contributed by atoms with Gasteiger partial charge in [0.1, 0.15) is 5.41 Å². The zero-order chi connectivity index (χ0) is 25.0. The van der Waals surface area contributed by atoms with E-state index in [0.717, 1.165) is 10.5 Å². The average Bonchev–Trinajstić information content (AvgIpc) is 2.87. The number of rotatable bonds is 8. The number of carbonyl (C=O) groups excluding carboxylic acids is 3. The minimum atomic E-state index is -1.55. The van der Waals surface area contributed by atoms with Crippen LogP contribution in [-0.2, 0) is 22.4 Å². The number of ether oxygens (including phenoxy) is 2. The molecule has 2 aromatic carbocycles. The number of carbonyl (C=O) groups is 3. The van der Waals surface area contributed by atoms with Crippen LogP contribution in [0.15, 0.2) is 67.0 Å². The number of hydrogen-bond donors (Lipinski definition) is 1. The third-order valence-electron chi connectivity index (χ3n) is 6.10. The van der Waals surface area contributed by atoms with Gasteiger partial charge in [-0.3, -0.25) is 19.9 Å². The summed E-state index contributed by atoms with van der Waals surface area (Å²) in [5.74, 6) is -0.234. The summed E-state index contributed by atoms with van der Waals surface area (Å²) in [5.41, 5.74) is 0.384. The zero-order valence-electron chi connectivity index (χ0n) is 19.3. The molecule has 180 valence electrons. The summed E-state index contributed by atoms with van der Waals surface area (Å²) < 4.78 is 10.7. The molecule has 1 aromatic heterocycles. The molecule has 0 bridgehead atoms. The largest absolute Gasteiger partial charge is 0.493 e. The normalized spacial score (nSPS) is 17.8. The number of halogens is 1. The molecule has 1 aliphatic heterocycles. The topological polar surface area (TPSA) is 97.8 Å². The van der Waals surface area contributed by atoms with Crippen LogP contribution in [0.2, 0.25) is 5.02 Å². The molecule has 1 unspecified atom stereocenters. The van der Waals surface area contributed by atoms with Gasteiger partial charge in [-0.25, -0.2) is 9.69 Å². The molecular formula is C26H24ClN3O5. The Bertz CT molecular complexity index is 1250. The summed E-state index contributed by atoms with van der Waals surface area (Å²) in [6.45, 7) is 0. The number of urea groups is 1. The Labute approximate surface area is 207 Å². The molecule has 4 rings (SSSR count). The molecule has 4 amide bonds. The molecule has 1 aliphatic rings. The highest BCUT2D eigenvalue weighted by atomic mass is 35.5. The Hall–Kier alpha value is -3.91. The molecule has 1 fully saturated rings. The second kappa shape index (κ2) is 10.1. The van der Waals surface area contributed by atoms with E-state index in [-0.39, 0.29) is 12.8 Å². The van der Waals surface area contributed by atoms with Crippen molar-refractivity contribution < 1.29 is 23.9 Å². The van der Waals surface area contributed by atoms with Gasteiger partial charge >= 0.3 is 6.03 Å². The quantitative estimate of drug-likeness (QED) is 0.472. The highest BCUT2D eigenvalue weighted by Gasteiger charge is 2.54. The van der Waals surface area contributed by atoms with Crippen LogP contribution in [0.3, 0.4) is 0 Å². The molecule has 1 N–H and O–H groups in total. The summed E-state index contributed by atoms with van der Waals surface area (Å²) in [7, 11) is 3.04. The fourth-order valence-electron chi connectivity index (χ4n) is 4.21. The summed E-state index contributed by atoms with van der Waals surface area (Å²) in [4.78, 5) is 45.2. The van der Waals surface area contributed by atoms with Crippen molar-refractivity contribution in [2.24, 2.45) is 5.41 Å². The highest BCUT2D eigenvalue weighted by Crippen LogP contribution is 2.38. The van der Waals surface area contributed by atoms with E-state index in [9.17, 15) is 14.4 Å². The maximum Gasteiger partial charge on any atom is 0.335 e. The van der Waals surface area contributed by atoms with Crippen LogP contribution in [0.5, 0.6) is 11.5 Å². The maximum atomic E-state index is 14.0. The number of imide groups is 2. The summed E-state index contributed by atoms with van der Waals surface area (Å²) >= 11 is 6.00. The van der Waals surface area contributed by atoms with Crippen LogP contribution >= 0.6 is 11.6 Å². The monoisotopic (exact) mass is 493 g/mol. The molecule has 8 nitrogen and oxygen atoms in total. The Morgan fingerprint density at radius 3 is 2.26 bits per heavy atom. The second-order valence-corrected chi connectivity index (χ2v) is 8.62. The Morgan fingerprint density at radius 1 is 0.914 bits per heavy atom. The van der Waals surface area contributed by atoms with E-state index in [2.05, 4.69) is 10.3 Å². The number of hydrogen-bond acceptors (Lipinski definition) is 6. The zero-order valence-corrected chi connectivity index (χ0v) is 20.0. The maximum absolute atomic E-state index is 14.0. The minimum absolute atomic E-state index is 0.0560. The lowest BCUT2D eigenvalue weighted by molar-refractivity contribution is -0.143. The van der Waals surface area contributed by atoms with E-state index in [1.165, 1.54) is 14.2 Å². The molecule has 35 heavy (non-hydrogen) atoms. The fraction of sp³-hybridized carbons (Fsp3) is 0.231. The van der Waals surface area contributed by atoms with Gasteiger partial charge < -0.3 is 9.47 Å². The molecule has 0 saturated carbocycles.